The van der Waals surface area contributed by atoms with Crippen LogP contribution in [0.25, 0.3) is 11.5 Å². The van der Waals surface area contributed by atoms with E-state index in [1.165, 1.54) is 0 Å². The Bertz CT molecular complexity index is 677. The molecule has 2 rings (SSSR count). The summed E-state index contributed by atoms with van der Waals surface area (Å²) in [6.07, 6.45) is 1.79. The van der Waals surface area contributed by atoms with Crippen molar-refractivity contribution in [3.05, 3.63) is 43.0 Å². The highest BCUT2D eigenvalue weighted by Crippen LogP contribution is 2.21. The second-order valence-corrected chi connectivity index (χ2v) is 6.03. The Labute approximate surface area is 125 Å². The minimum absolute atomic E-state index is 0.101. The van der Waals surface area contributed by atoms with Gasteiger partial charge in [-0.2, -0.15) is 0 Å². The molecule has 2 aromatic heterocycles. The number of hydrogen-bond acceptors (Lipinski definition) is 3. The van der Waals surface area contributed by atoms with E-state index >= 15 is 0 Å². The first kappa shape index (κ1) is 14.2. The standard InChI is InChI=1S/C14H16IN3O/c1-7(2)11-10(15)14(19)18-13(17-11)12-9(4)5-8(3)6-16-12/h5-7H,1-4H3,(H,17,18,19). The van der Waals surface area contributed by atoms with Crippen LogP contribution in [0.15, 0.2) is 17.1 Å². The second-order valence-electron chi connectivity index (χ2n) is 4.95. The molecule has 0 radical (unpaired) electrons. The first-order chi connectivity index (χ1) is 8.90. The molecule has 0 spiro atoms. The second kappa shape index (κ2) is 5.40. The molecule has 0 fully saturated rings. The van der Waals surface area contributed by atoms with E-state index in [9.17, 15) is 4.79 Å². The van der Waals surface area contributed by atoms with E-state index in [4.69, 9.17) is 0 Å². The van der Waals surface area contributed by atoms with Crippen molar-refractivity contribution >= 4 is 22.6 Å². The molecule has 0 saturated carbocycles. The first-order valence-electron chi connectivity index (χ1n) is 6.13. The number of halogens is 1. The van der Waals surface area contributed by atoms with E-state index in [-0.39, 0.29) is 11.5 Å². The minimum atomic E-state index is -0.101. The fourth-order valence-corrected chi connectivity index (χ4v) is 2.81. The van der Waals surface area contributed by atoms with Crippen LogP contribution in [-0.4, -0.2) is 15.0 Å². The van der Waals surface area contributed by atoms with Gasteiger partial charge in [0.25, 0.3) is 5.56 Å². The Morgan fingerprint density at radius 2 is 2.00 bits per heavy atom. The molecule has 0 unspecified atom stereocenters. The van der Waals surface area contributed by atoms with E-state index in [1.54, 1.807) is 6.20 Å². The summed E-state index contributed by atoms with van der Waals surface area (Å²) in [5.41, 5.74) is 3.57. The van der Waals surface area contributed by atoms with Gasteiger partial charge in [0.05, 0.1) is 9.26 Å². The van der Waals surface area contributed by atoms with Gasteiger partial charge in [0.1, 0.15) is 5.69 Å². The number of aromatic nitrogens is 3. The van der Waals surface area contributed by atoms with Crippen molar-refractivity contribution in [2.75, 3.05) is 0 Å². The van der Waals surface area contributed by atoms with E-state index < -0.39 is 0 Å². The normalized spacial score (nSPS) is 11.1. The van der Waals surface area contributed by atoms with Crippen molar-refractivity contribution in [1.82, 2.24) is 15.0 Å². The lowest BCUT2D eigenvalue weighted by Crippen LogP contribution is -2.17. The lowest BCUT2D eigenvalue weighted by Gasteiger charge is -2.10. The van der Waals surface area contributed by atoms with Crippen LogP contribution in [0.4, 0.5) is 0 Å². The topological polar surface area (TPSA) is 58.6 Å². The molecule has 0 aromatic carbocycles. The number of hydrogen-bond donors (Lipinski definition) is 1. The van der Waals surface area contributed by atoms with Crippen molar-refractivity contribution in [2.45, 2.75) is 33.6 Å². The maximum Gasteiger partial charge on any atom is 0.264 e. The van der Waals surface area contributed by atoms with Gasteiger partial charge in [-0.25, -0.2) is 4.98 Å². The van der Waals surface area contributed by atoms with Crippen LogP contribution >= 0.6 is 22.6 Å². The quantitative estimate of drug-likeness (QED) is 0.828. The summed E-state index contributed by atoms with van der Waals surface area (Å²) in [5, 5.41) is 0. The summed E-state index contributed by atoms with van der Waals surface area (Å²) in [4.78, 5) is 23.7. The van der Waals surface area contributed by atoms with Crippen molar-refractivity contribution in [2.24, 2.45) is 0 Å². The summed E-state index contributed by atoms with van der Waals surface area (Å²) in [7, 11) is 0. The molecule has 0 aliphatic rings. The zero-order valence-electron chi connectivity index (χ0n) is 11.4. The fraction of sp³-hybridized carbons (Fsp3) is 0.357. The average molecular weight is 369 g/mol. The Balaban J connectivity index is 2.66. The molecule has 0 aliphatic carbocycles. The number of aromatic amines is 1. The van der Waals surface area contributed by atoms with Gasteiger partial charge in [-0.3, -0.25) is 9.78 Å². The number of nitrogens with one attached hydrogen (secondary N) is 1. The lowest BCUT2D eigenvalue weighted by molar-refractivity contribution is 0.801. The molecular formula is C14H16IN3O. The summed E-state index contributed by atoms with van der Waals surface area (Å²) in [5.74, 6) is 0.755. The van der Waals surface area contributed by atoms with Crippen LogP contribution in [0, 0.1) is 17.4 Å². The third-order valence-corrected chi connectivity index (χ3v) is 3.92. The molecule has 0 amide bonds. The van der Waals surface area contributed by atoms with Crippen molar-refractivity contribution in [1.29, 1.82) is 0 Å². The average Bonchev–Trinajstić information content (AvgIpc) is 2.32. The van der Waals surface area contributed by atoms with E-state index in [0.717, 1.165) is 22.5 Å². The summed E-state index contributed by atoms with van der Waals surface area (Å²) >= 11 is 2.04. The summed E-state index contributed by atoms with van der Waals surface area (Å²) in [6, 6.07) is 2.04. The zero-order valence-corrected chi connectivity index (χ0v) is 13.6. The number of pyridine rings is 1. The van der Waals surface area contributed by atoms with Gasteiger partial charge in [-0.15, -0.1) is 0 Å². The van der Waals surface area contributed by atoms with Crippen LogP contribution in [0.5, 0.6) is 0 Å². The Hall–Kier alpha value is -1.24. The predicted molar refractivity (Wildman–Crippen MR) is 84.4 cm³/mol. The fourth-order valence-electron chi connectivity index (χ4n) is 1.93. The van der Waals surface area contributed by atoms with E-state index in [2.05, 4.69) is 15.0 Å². The van der Waals surface area contributed by atoms with E-state index in [0.29, 0.717) is 9.39 Å². The van der Waals surface area contributed by atoms with Gasteiger partial charge in [0.2, 0.25) is 0 Å². The van der Waals surface area contributed by atoms with Crippen LogP contribution < -0.4 is 5.56 Å². The van der Waals surface area contributed by atoms with Gasteiger partial charge in [-0.05, 0) is 53.5 Å². The van der Waals surface area contributed by atoms with Crippen molar-refractivity contribution in [3.63, 3.8) is 0 Å². The summed E-state index contributed by atoms with van der Waals surface area (Å²) in [6.45, 7) is 8.03. The van der Waals surface area contributed by atoms with Crippen molar-refractivity contribution in [3.8, 4) is 11.5 Å². The zero-order chi connectivity index (χ0) is 14.2. The molecule has 0 bridgehead atoms. The number of nitrogens with zero attached hydrogens (tertiary/aromatic N) is 2. The molecule has 4 nitrogen and oxygen atoms in total. The molecule has 2 heterocycles. The highest BCUT2D eigenvalue weighted by atomic mass is 127. The maximum atomic E-state index is 12.0. The maximum absolute atomic E-state index is 12.0. The van der Waals surface area contributed by atoms with E-state index in [1.807, 2.05) is 56.4 Å². The van der Waals surface area contributed by atoms with Gasteiger partial charge in [0, 0.05) is 6.20 Å². The molecule has 5 heteroatoms. The Kier molecular flexibility index (Phi) is 4.03. The van der Waals surface area contributed by atoms with Crippen molar-refractivity contribution < 1.29 is 0 Å². The molecule has 2 aromatic rings. The highest BCUT2D eigenvalue weighted by molar-refractivity contribution is 14.1. The third-order valence-electron chi connectivity index (χ3n) is 2.87. The van der Waals surface area contributed by atoms with Gasteiger partial charge in [0.15, 0.2) is 5.82 Å². The summed E-state index contributed by atoms with van der Waals surface area (Å²) < 4.78 is 0.654. The third kappa shape index (κ3) is 2.86. The lowest BCUT2D eigenvalue weighted by atomic mass is 10.1. The molecule has 1 N–H and O–H groups in total. The molecule has 19 heavy (non-hydrogen) atoms. The largest absolute Gasteiger partial charge is 0.304 e. The molecule has 0 aliphatic heterocycles. The van der Waals surface area contributed by atoms with Gasteiger partial charge < -0.3 is 4.98 Å². The van der Waals surface area contributed by atoms with Gasteiger partial charge in [-0.1, -0.05) is 19.9 Å². The number of H-pyrrole nitrogens is 1. The Morgan fingerprint density at radius 3 is 2.58 bits per heavy atom. The highest BCUT2D eigenvalue weighted by Gasteiger charge is 2.14. The minimum Gasteiger partial charge on any atom is -0.304 e. The molecular weight excluding hydrogens is 353 g/mol. The number of aryl methyl sites for hydroxylation is 2. The van der Waals surface area contributed by atoms with Crippen LogP contribution in [0.1, 0.15) is 36.6 Å². The first-order valence-corrected chi connectivity index (χ1v) is 7.21. The van der Waals surface area contributed by atoms with Crippen LogP contribution in [-0.2, 0) is 0 Å². The molecule has 0 saturated heterocycles. The predicted octanol–water partition coefficient (Wildman–Crippen LogP) is 3.18. The smallest absolute Gasteiger partial charge is 0.264 e. The SMILES string of the molecule is Cc1cnc(-c2nc(C(C)C)c(I)c(=O)[nH]2)c(C)c1. The Morgan fingerprint density at radius 1 is 1.32 bits per heavy atom. The molecule has 100 valence electrons. The molecule has 0 atom stereocenters. The monoisotopic (exact) mass is 369 g/mol. The number of rotatable bonds is 2. The van der Waals surface area contributed by atoms with Gasteiger partial charge >= 0.3 is 0 Å². The van der Waals surface area contributed by atoms with Crippen LogP contribution in [0.3, 0.4) is 0 Å². The van der Waals surface area contributed by atoms with Crippen LogP contribution in [0.2, 0.25) is 0 Å².